The van der Waals surface area contributed by atoms with E-state index in [1.165, 1.54) is 18.7 Å². The van der Waals surface area contributed by atoms with Crippen molar-refractivity contribution < 1.29 is 22.8 Å². The van der Waals surface area contributed by atoms with Gasteiger partial charge in [-0.2, -0.15) is 8.78 Å². The molecule has 2 aromatic rings. The van der Waals surface area contributed by atoms with Gasteiger partial charge in [0.15, 0.2) is 11.6 Å². The third kappa shape index (κ3) is 2.54. The Hall–Kier alpha value is -2.78. The molecule has 1 aromatic carbocycles. The number of nitro groups is 1. The van der Waals surface area contributed by atoms with Crippen LogP contribution in [0.2, 0.25) is 0 Å². The molecule has 0 saturated heterocycles. The molecule has 0 aliphatic rings. The number of halogens is 3. The van der Waals surface area contributed by atoms with Gasteiger partial charge in [-0.05, 0) is 19.1 Å². The Morgan fingerprint density at radius 1 is 1.36 bits per heavy atom. The number of rotatable bonds is 4. The lowest BCUT2D eigenvalue weighted by Gasteiger charge is -2.10. The van der Waals surface area contributed by atoms with Crippen LogP contribution in [0, 0.1) is 22.9 Å². The first kappa shape index (κ1) is 15.6. The van der Waals surface area contributed by atoms with E-state index in [1.54, 1.807) is 0 Å². The lowest BCUT2D eigenvalue weighted by Crippen LogP contribution is -2.20. The maximum atomic E-state index is 13.4. The molecule has 0 N–H and O–H groups in total. The van der Waals surface area contributed by atoms with Crippen LogP contribution in [0.15, 0.2) is 23.0 Å². The molecule has 0 amide bonds. The number of nitrogens with zero attached hydrogens (tertiary/aromatic N) is 3. The van der Waals surface area contributed by atoms with Crippen LogP contribution in [-0.2, 0) is 7.05 Å². The van der Waals surface area contributed by atoms with Crippen LogP contribution in [-0.4, -0.2) is 20.9 Å². The fourth-order valence-corrected chi connectivity index (χ4v) is 2.01. The van der Waals surface area contributed by atoms with Crippen molar-refractivity contribution in [2.45, 2.75) is 13.5 Å². The number of ether oxygens (including phenoxy) is 1. The maximum absolute atomic E-state index is 13.4. The van der Waals surface area contributed by atoms with E-state index in [0.29, 0.717) is 0 Å². The van der Waals surface area contributed by atoms with Crippen molar-refractivity contribution in [1.82, 2.24) is 9.36 Å². The van der Waals surface area contributed by atoms with Gasteiger partial charge in [0.05, 0.1) is 10.6 Å². The Balaban J connectivity index is 2.65. The summed E-state index contributed by atoms with van der Waals surface area (Å²) < 4.78 is 43.9. The van der Waals surface area contributed by atoms with Crippen molar-refractivity contribution in [2.75, 3.05) is 0 Å². The minimum Gasteiger partial charge on any atom is -0.432 e. The van der Waals surface area contributed by atoms with Crippen LogP contribution >= 0.6 is 0 Å². The van der Waals surface area contributed by atoms with Crippen molar-refractivity contribution in [2.24, 2.45) is 7.05 Å². The number of hydrogen-bond donors (Lipinski definition) is 0. The van der Waals surface area contributed by atoms with E-state index < -0.39 is 34.3 Å². The first-order valence-corrected chi connectivity index (χ1v) is 5.91. The summed E-state index contributed by atoms with van der Waals surface area (Å²) in [7, 11) is 1.38. The van der Waals surface area contributed by atoms with E-state index in [0.717, 1.165) is 22.9 Å². The second kappa shape index (κ2) is 5.54. The highest BCUT2D eigenvalue weighted by molar-refractivity contribution is 5.43. The van der Waals surface area contributed by atoms with Crippen molar-refractivity contribution >= 4 is 5.69 Å². The maximum Gasteiger partial charge on any atom is 0.387 e. The average molecular weight is 317 g/mol. The summed E-state index contributed by atoms with van der Waals surface area (Å²) in [4.78, 5) is 22.2. The summed E-state index contributed by atoms with van der Waals surface area (Å²) in [5.74, 6) is -1.81. The van der Waals surface area contributed by atoms with E-state index >= 15 is 0 Å². The molecular weight excluding hydrogens is 307 g/mol. The summed E-state index contributed by atoms with van der Waals surface area (Å²) in [6.07, 6.45) is 0. The molecule has 0 saturated carbocycles. The lowest BCUT2D eigenvalue weighted by atomic mass is 10.3. The molecule has 0 radical (unpaired) electrons. The van der Waals surface area contributed by atoms with Gasteiger partial charge >= 0.3 is 17.9 Å². The van der Waals surface area contributed by atoms with Gasteiger partial charge in [-0.25, -0.2) is 9.07 Å². The van der Waals surface area contributed by atoms with E-state index in [1.807, 2.05) is 0 Å². The van der Waals surface area contributed by atoms with Crippen LogP contribution in [0.3, 0.4) is 0 Å². The molecule has 0 fully saturated rings. The monoisotopic (exact) mass is 317 g/mol. The topological polar surface area (TPSA) is 79.3 Å². The molecule has 0 bridgehead atoms. The summed E-state index contributed by atoms with van der Waals surface area (Å²) in [6.45, 7) is -1.89. The SMILES string of the molecule is Cc1c([N+](=O)[O-])c(=O)n(-c2ccc(F)c(OC(F)F)c2)n1C. The zero-order valence-corrected chi connectivity index (χ0v) is 11.4. The van der Waals surface area contributed by atoms with Gasteiger partial charge in [-0.3, -0.25) is 19.6 Å². The van der Waals surface area contributed by atoms with Crippen molar-refractivity contribution in [3.05, 3.63) is 50.2 Å². The standard InChI is InChI=1S/C12H10F3N3O4/c1-6-10(18(20)21)11(19)17(16(6)2)7-3-4-8(13)9(5-7)22-12(14)15/h3-5,12H,1-2H3. The highest BCUT2D eigenvalue weighted by atomic mass is 19.3. The predicted octanol–water partition coefficient (Wildman–Crippen LogP) is 2.13. The van der Waals surface area contributed by atoms with Crippen LogP contribution in [0.4, 0.5) is 18.9 Å². The zero-order chi connectivity index (χ0) is 16.6. The fourth-order valence-electron chi connectivity index (χ4n) is 2.01. The zero-order valence-electron chi connectivity index (χ0n) is 11.4. The second-order valence-corrected chi connectivity index (χ2v) is 4.32. The van der Waals surface area contributed by atoms with Gasteiger partial charge in [-0.15, -0.1) is 0 Å². The van der Waals surface area contributed by atoms with E-state index in [4.69, 9.17) is 0 Å². The summed E-state index contributed by atoms with van der Waals surface area (Å²) >= 11 is 0. The number of benzene rings is 1. The Kier molecular flexibility index (Phi) is 3.93. The third-order valence-corrected chi connectivity index (χ3v) is 3.08. The van der Waals surface area contributed by atoms with Crippen LogP contribution in [0.1, 0.15) is 5.69 Å². The van der Waals surface area contributed by atoms with E-state index in [9.17, 15) is 28.1 Å². The van der Waals surface area contributed by atoms with Crippen LogP contribution < -0.4 is 10.3 Å². The third-order valence-electron chi connectivity index (χ3n) is 3.08. The van der Waals surface area contributed by atoms with Gasteiger partial charge in [0, 0.05) is 13.1 Å². The number of hydrogen-bond acceptors (Lipinski definition) is 4. The highest BCUT2D eigenvalue weighted by Gasteiger charge is 2.26. The van der Waals surface area contributed by atoms with Crippen LogP contribution in [0.25, 0.3) is 5.69 Å². The molecule has 7 nitrogen and oxygen atoms in total. The van der Waals surface area contributed by atoms with Gasteiger partial charge in [0.25, 0.3) is 0 Å². The summed E-state index contributed by atoms with van der Waals surface area (Å²) in [5.41, 5.74) is -1.58. The molecular formula is C12H10F3N3O4. The Morgan fingerprint density at radius 2 is 2.00 bits per heavy atom. The summed E-state index contributed by atoms with van der Waals surface area (Å²) in [5, 5.41) is 10.9. The summed E-state index contributed by atoms with van der Waals surface area (Å²) in [6, 6.07) is 2.82. The van der Waals surface area contributed by atoms with Gasteiger partial charge in [-0.1, -0.05) is 0 Å². The molecule has 0 aliphatic heterocycles. The molecule has 0 spiro atoms. The van der Waals surface area contributed by atoms with Crippen molar-refractivity contribution in [3.63, 3.8) is 0 Å². The first-order chi connectivity index (χ1) is 10.2. The normalized spacial score (nSPS) is 11.0. The molecule has 0 aliphatic carbocycles. The Bertz CT molecular complexity index is 798. The molecule has 10 heteroatoms. The highest BCUT2D eigenvalue weighted by Crippen LogP contribution is 2.24. The Labute approximate surface area is 121 Å². The lowest BCUT2D eigenvalue weighted by molar-refractivity contribution is -0.386. The molecule has 2 rings (SSSR count). The molecule has 0 atom stereocenters. The smallest absolute Gasteiger partial charge is 0.387 e. The van der Waals surface area contributed by atoms with Gasteiger partial charge in [0.1, 0.15) is 5.69 Å². The molecule has 22 heavy (non-hydrogen) atoms. The first-order valence-electron chi connectivity index (χ1n) is 5.91. The minimum atomic E-state index is -3.24. The average Bonchev–Trinajstić information content (AvgIpc) is 2.63. The van der Waals surface area contributed by atoms with Crippen molar-refractivity contribution in [3.8, 4) is 11.4 Å². The predicted molar refractivity (Wildman–Crippen MR) is 69.0 cm³/mol. The molecule has 0 unspecified atom stereocenters. The van der Waals surface area contributed by atoms with Crippen LogP contribution in [0.5, 0.6) is 5.75 Å². The second-order valence-electron chi connectivity index (χ2n) is 4.32. The van der Waals surface area contributed by atoms with E-state index in [2.05, 4.69) is 4.74 Å². The minimum absolute atomic E-state index is 0.0410. The largest absolute Gasteiger partial charge is 0.432 e. The molecule has 118 valence electrons. The Morgan fingerprint density at radius 3 is 2.50 bits per heavy atom. The quantitative estimate of drug-likeness (QED) is 0.639. The molecule has 1 heterocycles. The molecule has 1 aromatic heterocycles. The van der Waals surface area contributed by atoms with Gasteiger partial charge in [0.2, 0.25) is 0 Å². The van der Waals surface area contributed by atoms with E-state index in [-0.39, 0.29) is 11.4 Å². The number of alkyl halides is 2. The van der Waals surface area contributed by atoms with Crippen molar-refractivity contribution in [1.29, 1.82) is 0 Å². The number of aromatic nitrogens is 2. The van der Waals surface area contributed by atoms with Gasteiger partial charge < -0.3 is 4.74 Å². The fraction of sp³-hybridized carbons (Fsp3) is 0.250.